The van der Waals surface area contributed by atoms with Crippen molar-refractivity contribution in [1.29, 1.82) is 0 Å². The maximum absolute atomic E-state index is 15.4. The van der Waals surface area contributed by atoms with Crippen LogP contribution in [0.4, 0.5) is 14.5 Å². The molecule has 0 saturated carbocycles. The van der Waals surface area contributed by atoms with E-state index < -0.39 is 47.3 Å². The fraction of sp³-hybridized carbons (Fsp3) is 0.404. The SMILES string of the molecule is O=CC(COCCOCCNc1cccc2c1C(=O)N(C1CCC(=O)NC1=O)C2=O)N1CCCC(n2cc(-c3cnc4cccc(-c5cc(F)c(CN6CCOCC6)c(F)c5)c4n3)cn2)C1. The van der Waals surface area contributed by atoms with Crippen molar-refractivity contribution in [3.63, 3.8) is 0 Å². The summed E-state index contributed by atoms with van der Waals surface area (Å²) < 4.78 is 49.7. The summed E-state index contributed by atoms with van der Waals surface area (Å²) in [7, 11) is 0. The highest BCUT2D eigenvalue weighted by Crippen LogP contribution is 2.34. The molecule has 3 saturated heterocycles. The summed E-state index contributed by atoms with van der Waals surface area (Å²) in [6.45, 7) is 5.02. The van der Waals surface area contributed by atoms with Crippen molar-refractivity contribution in [1.82, 2.24) is 39.8 Å². The number of rotatable bonds is 17. The number of nitrogens with zero attached hydrogens (tertiary/aromatic N) is 7. The van der Waals surface area contributed by atoms with Gasteiger partial charge in [0.25, 0.3) is 11.8 Å². The number of halogens is 2. The summed E-state index contributed by atoms with van der Waals surface area (Å²) in [6.07, 6.45) is 7.99. The topological polar surface area (TPSA) is 190 Å². The fourth-order valence-corrected chi connectivity index (χ4v) is 9.04. The maximum atomic E-state index is 15.4. The van der Waals surface area contributed by atoms with Crippen LogP contribution in [-0.2, 0) is 35.1 Å². The Bertz CT molecular complexity index is 2630. The molecule has 0 aliphatic carbocycles. The number of hydrogen-bond acceptors (Lipinski definition) is 14. The molecule has 0 bridgehead atoms. The summed E-state index contributed by atoms with van der Waals surface area (Å²) >= 11 is 0. The number of fused-ring (bicyclic) bond motifs is 2. The molecule has 5 aromatic rings. The van der Waals surface area contributed by atoms with Crippen LogP contribution in [0.25, 0.3) is 33.4 Å². The zero-order valence-corrected chi connectivity index (χ0v) is 36.1. The third-order valence-electron chi connectivity index (χ3n) is 12.5. The number of aldehydes is 1. The molecule has 17 nitrogen and oxygen atoms in total. The number of anilines is 1. The van der Waals surface area contributed by atoms with Crippen molar-refractivity contribution in [2.45, 2.75) is 50.4 Å². The summed E-state index contributed by atoms with van der Waals surface area (Å²) in [4.78, 5) is 77.3. The number of amides is 4. The van der Waals surface area contributed by atoms with Crippen LogP contribution >= 0.6 is 0 Å². The first-order valence-electron chi connectivity index (χ1n) is 22.2. The first-order chi connectivity index (χ1) is 32.2. The lowest BCUT2D eigenvalue weighted by Crippen LogP contribution is -2.54. The quantitative estimate of drug-likeness (QED) is 0.0773. The molecule has 0 spiro atoms. The Hall–Kier alpha value is -6.38. The minimum atomic E-state index is -1.05. The van der Waals surface area contributed by atoms with Crippen LogP contribution in [0.5, 0.6) is 0 Å². The predicted molar refractivity (Wildman–Crippen MR) is 235 cm³/mol. The lowest BCUT2D eigenvalue weighted by Gasteiger charge is -2.36. The Labute approximate surface area is 378 Å². The highest BCUT2D eigenvalue weighted by Gasteiger charge is 2.45. The van der Waals surface area contributed by atoms with E-state index in [0.29, 0.717) is 72.9 Å². The number of para-hydroxylation sites is 1. The Kier molecular flexibility index (Phi) is 13.6. The van der Waals surface area contributed by atoms with Crippen molar-refractivity contribution < 1.29 is 47.0 Å². The number of carbonyl (C=O) groups excluding carboxylic acids is 5. The second-order valence-electron chi connectivity index (χ2n) is 16.7. The third kappa shape index (κ3) is 9.48. The minimum absolute atomic E-state index is 0.0172. The number of likely N-dealkylation sites (tertiary alicyclic amines) is 1. The molecular weight excluding hydrogens is 857 g/mol. The van der Waals surface area contributed by atoms with E-state index in [9.17, 15) is 24.0 Å². The van der Waals surface area contributed by atoms with Crippen molar-refractivity contribution in [3.8, 4) is 22.4 Å². The van der Waals surface area contributed by atoms with Crippen LogP contribution < -0.4 is 10.6 Å². The monoisotopic (exact) mass is 905 g/mol. The third-order valence-corrected chi connectivity index (χ3v) is 12.5. The lowest BCUT2D eigenvalue weighted by molar-refractivity contribution is -0.136. The fourth-order valence-electron chi connectivity index (χ4n) is 9.04. The van der Waals surface area contributed by atoms with Gasteiger partial charge in [0.15, 0.2) is 0 Å². The second kappa shape index (κ2) is 20.0. The smallest absolute Gasteiger partial charge is 0.264 e. The Balaban J connectivity index is 0.753. The largest absolute Gasteiger partial charge is 0.382 e. The number of aromatic nitrogens is 4. The van der Waals surface area contributed by atoms with Crippen molar-refractivity contribution >= 4 is 46.6 Å². The van der Waals surface area contributed by atoms with Gasteiger partial charge >= 0.3 is 0 Å². The van der Waals surface area contributed by atoms with Crippen molar-refractivity contribution in [3.05, 3.63) is 95.4 Å². The first kappa shape index (κ1) is 44.8. The van der Waals surface area contributed by atoms with E-state index in [1.807, 2.05) is 21.8 Å². The van der Waals surface area contributed by atoms with Gasteiger partial charge in [-0.25, -0.2) is 13.8 Å². The maximum Gasteiger partial charge on any atom is 0.264 e. The number of hydrogen-bond donors (Lipinski definition) is 2. The molecule has 3 aromatic carbocycles. The highest BCUT2D eigenvalue weighted by molar-refractivity contribution is 6.25. The van der Waals surface area contributed by atoms with Gasteiger partial charge in [0, 0.05) is 67.7 Å². The number of imide groups is 2. The Morgan fingerprint density at radius 3 is 2.50 bits per heavy atom. The molecule has 9 rings (SSSR count). The van der Waals surface area contributed by atoms with Crippen molar-refractivity contribution in [2.75, 3.05) is 77.7 Å². The highest BCUT2D eigenvalue weighted by atomic mass is 19.1. The van der Waals surface area contributed by atoms with E-state index in [2.05, 4.69) is 25.6 Å². The van der Waals surface area contributed by atoms with Gasteiger partial charge in [0.1, 0.15) is 24.0 Å². The minimum Gasteiger partial charge on any atom is -0.382 e. The predicted octanol–water partition coefficient (Wildman–Crippen LogP) is 4.02. The summed E-state index contributed by atoms with van der Waals surface area (Å²) in [5.74, 6) is -3.50. The molecule has 4 amide bonds. The average Bonchev–Trinajstić information content (AvgIpc) is 3.92. The molecule has 3 atom stereocenters. The molecule has 344 valence electrons. The molecule has 66 heavy (non-hydrogen) atoms. The van der Waals surface area contributed by atoms with Gasteiger partial charge in [-0.2, -0.15) is 5.10 Å². The number of carbonyl (C=O) groups is 5. The van der Waals surface area contributed by atoms with E-state index in [1.54, 1.807) is 36.7 Å². The van der Waals surface area contributed by atoms with E-state index >= 15 is 8.78 Å². The molecule has 3 unspecified atom stereocenters. The van der Waals surface area contributed by atoms with Gasteiger partial charge in [-0.15, -0.1) is 0 Å². The molecule has 2 aromatic heterocycles. The van der Waals surface area contributed by atoms with Gasteiger partial charge in [0.05, 0.1) is 92.0 Å². The number of ether oxygens (including phenoxy) is 3. The van der Waals surface area contributed by atoms with E-state index in [4.69, 9.17) is 19.2 Å². The molecule has 6 heterocycles. The number of nitrogens with one attached hydrogen (secondary N) is 2. The van der Waals surface area contributed by atoms with Gasteiger partial charge in [-0.1, -0.05) is 18.2 Å². The van der Waals surface area contributed by atoms with Gasteiger partial charge in [-0.05, 0) is 61.7 Å². The molecule has 2 N–H and O–H groups in total. The molecule has 19 heteroatoms. The average molecular weight is 906 g/mol. The van der Waals surface area contributed by atoms with Crippen LogP contribution in [0.3, 0.4) is 0 Å². The standard InChI is InChI=1S/C47H49F2N9O8/c48-36-20-29(21-37(49)35(36)26-55-13-16-65-17-14-55)33-5-1-8-39-44(33)53-40(23-51-39)30-22-52-57(24-30)31-4-3-12-56(25-31)32(27-59)28-66-19-18-64-15-11-50-38-7-2-6-34-43(38)47(63)58(46(34)62)41-9-10-42(60)54-45(41)61/h1-2,5-8,20-24,27,31-32,41,50H,3-4,9-19,25-26,28H2,(H,54,60,61). The number of piperidine rings is 2. The zero-order chi connectivity index (χ0) is 45.7. The van der Waals surface area contributed by atoms with Gasteiger partial charge < -0.3 is 24.3 Å². The van der Waals surface area contributed by atoms with Crippen LogP contribution in [0.15, 0.2) is 67.1 Å². The summed E-state index contributed by atoms with van der Waals surface area (Å²) in [6, 6.07) is 11.4. The first-order valence-corrected chi connectivity index (χ1v) is 22.2. The van der Waals surface area contributed by atoms with Crippen LogP contribution in [-0.4, -0.2) is 149 Å². The molecule has 4 aliphatic rings. The van der Waals surface area contributed by atoms with E-state index in [-0.39, 0.29) is 68.5 Å². The summed E-state index contributed by atoms with van der Waals surface area (Å²) in [5, 5.41) is 10.0. The van der Waals surface area contributed by atoms with Gasteiger partial charge in [-0.3, -0.25) is 48.9 Å². The van der Waals surface area contributed by atoms with E-state index in [1.165, 1.54) is 18.2 Å². The number of morpholine rings is 1. The Morgan fingerprint density at radius 1 is 0.909 bits per heavy atom. The van der Waals surface area contributed by atoms with Gasteiger partial charge in [0.2, 0.25) is 11.8 Å². The molecular formula is C47H49F2N9O8. The molecule has 3 fully saturated rings. The second-order valence-corrected chi connectivity index (χ2v) is 16.7. The zero-order valence-electron chi connectivity index (χ0n) is 36.1. The molecule has 4 aliphatic heterocycles. The lowest BCUT2D eigenvalue weighted by atomic mass is 10.0. The van der Waals surface area contributed by atoms with E-state index in [0.717, 1.165) is 36.1 Å². The molecule has 0 radical (unpaired) electrons. The number of benzene rings is 3. The summed E-state index contributed by atoms with van der Waals surface area (Å²) in [5.41, 5.74) is 4.14. The Morgan fingerprint density at radius 2 is 1.70 bits per heavy atom. The van der Waals surface area contributed by atoms with Crippen LogP contribution in [0.1, 0.15) is 58.0 Å². The normalized spacial score (nSPS) is 19.9. The van der Waals surface area contributed by atoms with Crippen molar-refractivity contribution in [2.24, 2.45) is 0 Å². The van der Waals surface area contributed by atoms with Crippen LogP contribution in [0, 0.1) is 11.6 Å². The van der Waals surface area contributed by atoms with Crippen LogP contribution in [0.2, 0.25) is 0 Å².